The van der Waals surface area contributed by atoms with Crippen LogP contribution in [-0.4, -0.2) is 42.1 Å². The molecule has 0 heterocycles. The van der Waals surface area contributed by atoms with Gasteiger partial charge in [-0.05, 0) is 32.9 Å². The Morgan fingerprint density at radius 1 is 1.32 bits per heavy atom. The summed E-state index contributed by atoms with van der Waals surface area (Å²) in [5.74, 6) is -0.00328. The van der Waals surface area contributed by atoms with Gasteiger partial charge in [0.25, 0.3) is 0 Å². The molecule has 1 amide bonds. The molecule has 1 rings (SSSR count). The highest BCUT2D eigenvalue weighted by Gasteiger charge is 2.10. The van der Waals surface area contributed by atoms with Gasteiger partial charge < -0.3 is 10.4 Å². The number of aliphatic hydroxyl groups is 1. The smallest absolute Gasteiger partial charge is 0.234 e. The summed E-state index contributed by atoms with van der Waals surface area (Å²) in [6.45, 7) is 4.97. The minimum Gasteiger partial charge on any atom is -0.388 e. The highest BCUT2D eigenvalue weighted by Crippen LogP contribution is 2.14. The summed E-state index contributed by atoms with van der Waals surface area (Å²) in [7, 11) is 1.92. The zero-order valence-corrected chi connectivity index (χ0v) is 12.0. The molecule has 0 aliphatic carbocycles. The van der Waals surface area contributed by atoms with Crippen LogP contribution in [0.1, 0.15) is 31.9 Å². The van der Waals surface area contributed by atoms with Crippen molar-refractivity contribution in [3.8, 4) is 0 Å². The van der Waals surface area contributed by atoms with E-state index in [-0.39, 0.29) is 5.91 Å². The van der Waals surface area contributed by atoms with Crippen LogP contribution >= 0.6 is 0 Å². The fourth-order valence-corrected chi connectivity index (χ4v) is 1.66. The van der Waals surface area contributed by atoms with E-state index in [9.17, 15) is 9.90 Å². The lowest BCUT2D eigenvalue weighted by Gasteiger charge is -2.20. The summed E-state index contributed by atoms with van der Waals surface area (Å²) >= 11 is 0. The SMILES string of the molecule is CC(C)N(C)CC(=O)NCCC(O)c1ccccc1. The largest absolute Gasteiger partial charge is 0.388 e. The molecule has 0 aliphatic heterocycles. The average molecular weight is 264 g/mol. The van der Waals surface area contributed by atoms with Crippen LogP contribution in [0.2, 0.25) is 0 Å². The van der Waals surface area contributed by atoms with Crippen LogP contribution in [0.5, 0.6) is 0 Å². The number of carbonyl (C=O) groups excluding carboxylic acids is 1. The molecule has 1 aromatic rings. The van der Waals surface area contributed by atoms with Crippen molar-refractivity contribution in [1.82, 2.24) is 10.2 Å². The zero-order valence-electron chi connectivity index (χ0n) is 12.0. The van der Waals surface area contributed by atoms with E-state index in [0.717, 1.165) is 5.56 Å². The highest BCUT2D eigenvalue weighted by atomic mass is 16.3. The van der Waals surface area contributed by atoms with Gasteiger partial charge in [-0.2, -0.15) is 0 Å². The van der Waals surface area contributed by atoms with Crippen LogP contribution in [0.4, 0.5) is 0 Å². The normalized spacial score (nSPS) is 12.7. The minimum absolute atomic E-state index is 0.00328. The number of likely N-dealkylation sites (N-methyl/N-ethyl adjacent to an activating group) is 1. The Morgan fingerprint density at radius 2 is 1.95 bits per heavy atom. The Morgan fingerprint density at radius 3 is 2.53 bits per heavy atom. The van der Waals surface area contributed by atoms with Crippen LogP contribution in [0.15, 0.2) is 30.3 Å². The van der Waals surface area contributed by atoms with Gasteiger partial charge in [-0.1, -0.05) is 30.3 Å². The molecule has 1 unspecified atom stereocenters. The van der Waals surface area contributed by atoms with Crippen LogP contribution in [-0.2, 0) is 4.79 Å². The lowest BCUT2D eigenvalue weighted by atomic mass is 10.1. The molecule has 4 heteroatoms. The van der Waals surface area contributed by atoms with Gasteiger partial charge in [0.2, 0.25) is 5.91 Å². The summed E-state index contributed by atoms with van der Waals surface area (Å²) in [6.07, 6.45) is 0.00514. The molecular formula is C15H24N2O2. The van der Waals surface area contributed by atoms with Gasteiger partial charge in [0.05, 0.1) is 12.6 Å². The Balaban J connectivity index is 2.25. The molecule has 0 bridgehead atoms. The molecule has 0 saturated carbocycles. The maximum Gasteiger partial charge on any atom is 0.234 e. The third-order valence-electron chi connectivity index (χ3n) is 3.20. The first-order valence-electron chi connectivity index (χ1n) is 6.70. The fraction of sp³-hybridized carbons (Fsp3) is 0.533. The number of hydrogen-bond donors (Lipinski definition) is 2. The quantitative estimate of drug-likeness (QED) is 0.786. The minimum atomic E-state index is -0.524. The number of carbonyl (C=O) groups is 1. The van der Waals surface area contributed by atoms with Crippen molar-refractivity contribution >= 4 is 5.91 Å². The first-order chi connectivity index (χ1) is 9.00. The molecular weight excluding hydrogens is 240 g/mol. The molecule has 19 heavy (non-hydrogen) atoms. The molecule has 0 spiro atoms. The Hall–Kier alpha value is -1.39. The van der Waals surface area contributed by atoms with Gasteiger partial charge in [0.1, 0.15) is 0 Å². The lowest BCUT2D eigenvalue weighted by molar-refractivity contribution is -0.122. The second kappa shape index (κ2) is 7.92. The number of hydrogen-bond acceptors (Lipinski definition) is 3. The average Bonchev–Trinajstić information content (AvgIpc) is 2.39. The van der Waals surface area contributed by atoms with E-state index < -0.39 is 6.10 Å². The van der Waals surface area contributed by atoms with Gasteiger partial charge in [-0.25, -0.2) is 0 Å². The Kier molecular flexibility index (Phi) is 6.53. The third kappa shape index (κ3) is 5.85. The zero-order chi connectivity index (χ0) is 14.3. The first-order valence-corrected chi connectivity index (χ1v) is 6.70. The first kappa shape index (κ1) is 15.7. The monoisotopic (exact) mass is 264 g/mol. The summed E-state index contributed by atoms with van der Waals surface area (Å²) in [6, 6.07) is 9.84. The van der Waals surface area contributed by atoms with Crippen LogP contribution < -0.4 is 5.32 Å². The Bertz CT molecular complexity index is 379. The number of rotatable bonds is 7. The van der Waals surface area contributed by atoms with E-state index in [0.29, 0.717) is 25.6 Å². The molecule has 0 aromatic heterocycles. The van der Waals surface area contributed by atoms with Crippen molar-refractivity contribution < 1.29 is 9.90 Å². The second-order valence-electron chi connectivity index (χ2n) is 5.07. The number of aliphatic hydroxyl groups excluding tert-OH is 1. The van der Waals surface area contributed by atoms with Gasteiger partial charge >= 0.3 is 0 Å². The maximum atomic E-state index is 11.6. The molecule has 0 radical (unpaired) electrons. The maximum absolute atomic E-state index is 11.6. The predicted octanol–water partition coefficient (Wildman–Crippen LogP) is 1.57. The molecule has 106 valence electrons. The topological polar surface area (TPSA) is 52.6 Å². The molecule has 0 aliphatic rings. The highest BCUT2D eigenvalue weighted by molar-refractivity contribution is 5.77. The van der Waals surface area contributed by atoms with E-state index in [1.165, 1.54) is 0 Å². The van der Waals surface area contributed by atoms with E-state index in [1.807, 2.05) is 56.1 Å². The van der Waals surface area contributed by atoms with E-state index >= 15 is 0 Å². The van der Waals surface area contributed by atoms with Crippen molar-refractivity contribution in [2.24, 2.45) is 0 Å². The van der Waals surface area contributed by atoms with Crippen molar-refractivity contribution in [3.05, 3.63) is 35.9 Å². The van der Waals surface area contributed by atoms with Crippen molar-refractivity contribution in [3.63, 3.8) is 0 Å². The summed E-state index contributed by atoms with van der Waals surface area (Å²) < 4.78 is 0. The van der Waals surface area contributed by atoms with Crippen molar-refractivity contribution in [2.75, 3.05) is 20.1 Å². The second-order valence-corrected chi connectivity index (χ2v) is 5.07. The van der Waals surface area contributed by atoms with Gasteiger partial charge in [-0.3, -0.25) is 9.69 Å². The third-order valence-corrected chi connectivity index (χ3v) is 3.20. The van der Waals surface area contributed by atoms with E-state index in [4.69, 9.17) is 0 Å². The molecule has 1 atom stereocenters. The summed E-state index contributed by atoms with van der Waals surface area (Å²) in [5, 5.41) is 12.8. The molecule has 0 saturated heterocycles. The summed E-state index contributed by atoms with van der Waals surface area (Å²) in [4.78, 5) is 13.6. The van der Waals surface area contributed by atoms with Gasteiger partial charge in [0, 0.05) is 12.6 Å². The number of nitrogens with zero attached hydrogens (tertiary/aromatic N) is 1. The predicted molar refractivity (Wildman–Crippen MR) is 76.8 cm³/mol. The number of benzene rings is 1. The van der Waals surface area contributed by atoms with Crippen molar-refractivity contribution in [2.45, 2.75) is 32.4 Å². The number of nitrogens with one attached hydrogen (secondary N) is 1. The summed E-state index contributed by atoms with van der Waals surface area (Å²) in [5.41, 5.74) is 0.885. The molecule has 2 N–H and O–H groups in total. The lowest BCUT2D eigenvalue weighted by Crippen LogP contribution is -2.38. The fourth-order valence-electron chi connectivity index (χ4n) is 1.66. The Labute approximate surface area is 115 Å². The van der Waals surface area contributed by atoms with Gasteiger partial charge in [-0.15, -0.1) is 0 Å². The van der Waals surface area contributed by atoms with Gasteiger partial charge in [0.15, 0.2) is 0 Å². The van der Waals surface area contributed by atoms with E-state index in [1.54, 1.807) is 0 Å². The molecule has 1 aromatic carbocycles. The van der Waals surface area contributed by atoms with E-state index in [2.05, 4.69) is 5.32 Å². The van der Waals surface area contributed by atoms with Crippen molar-refractivity contribution in [1.29, 1.82) is 0 Å². The van der Waals surface area contributed by atoms with Crippen LogP contribution in [0.3, 0.4) is 0 Å². The van der Waals surface area contributed by atoms with Crippen LogP contribution in [0.25, 0.3) is 0 Å². The van der Waals surface area contributed by atoms with Crippen LogP contribution in [0, 0.1) is 0 Å². The molecule has 4 nitrogen and oxygen atoms in total. The standard InChI is InChI=1S/C15H24N2O2/c1-12(2)17(3)11-15(19)16-10-9-14(18)13-7-5-4-6-8-13/h4-8,12,14,18H,9-11H2,1-3H3,(H,16,19). The molecule has 0 fully saturated rings. The number of amides is 1.